The number of rotatable bonds is 6. The van der Waals surface area contributed by atoms with Crippen molar-refractivity contribution in [2.45, 2.75) is 33.6 Å². The second-order valence-corrected chi connectivity index (χ2v) is 4.39. The molecule has 1 aromatic rings. The molecule has 2 heteroatoms. The summed E-state index contributed by atoms with van der Waals surface area (Å²) >= 11 is 0. The molecule has 0 spiro atoms. The van der Waals surface area contributed by atoms with Gasteiger partial charge in [0, 0.05) is 32.0 Å². The zero-order valence-electron chi connectivity index (χ0n) is 11.5. The third-order valence-electron chi connectivity index (χ3n) is 3.02. The van der Waals surface area contributed by atoms with Crippen molar-refractivity contribution in [3.8, 4) is 0 Å². The first kappa shape index (κ1) is 13.8. The lowest BCUT2D eigenvalue weighted by Gasteiger charge is -2.22. The monoisotopic (exact) mass is 232 g/mol. The van der Waals surface area contributed by atoms with Crippen LogP contribution in [0.1, 0.15) is 37.8 Å². The zero-order chi connectivity index (χ0) is 12.7. The standard InChI is InChI=1S/C15H24N2/c1-5-7-11-17(4)15-10-8-9-14(13(15)3)12-16-6-2/h8-10,12H,5-7,11H2,1-4H3/b16-12-. The lowest BCUT2D eigenvalue weighted by atomic mass is 10.1. The minimum absolute atomic E-state index is 0.843. The molecule has 0 atom stereocenters. The van der Waals surface area contributed by atoms with Crippen LogP contribution >= 0.6 is 0 Å². The van der Waals surface area contributed by atoms with Crippen LogP contribution in [0.3, 0.4) is 0 Å². The van der Waals surface area contributed by atoms with Gasteiger partial charge in [-0.2, -0.15) is 0 Å². The van der Waals surface area contributed by atoms with Crippen LogP contribution in [0.15, 0.2) is 23.2 Å². The van der Waals surface area contributed by atoms with E-state index in [1.807, 2.05) is 6.21 Å². The van der Waals surface area contributed by atoms with E-state index >= 15 is 0 Å². The third-order valence-corrected chi connectivity index (χ3v) is 3.02. The molecule has 0 aliphatic carbocycles. The highest BCUT2D eigenvalue weighted by Crippen LogP contribution is 2.21. The van der Waals surface area contributed by atoms with E-state index in [0.29, 0.717) is 0 Å². The Balaban J connectivity index is 2.89. The summed E-state index contributed by atoms with van der Waals surface area (Å²) in [6.07, 6.45) is 4.45. The van der Waals surface area contributed by atoms with Crippen molar-refractivity contribution in [2.75, 3.05) is 25.0 Å². The number of anilines is 1. The predicted molar refractivity (Wildman–Crippen MR) is 77.5 cm³/mol. The Kier molecular flexibility index (Phi) is 5.75. The van der Waals surface area contributed by atoms with Gasteiger partial charge in [-0.25, -0.2) is 0 Å². The molecule has 1 rings (SSSR count). The van der Waals surface area contributed by atoms with Gasteiger partial charge in [-0.3, -0.25) is 4.99 Å². The first-order valence-electron chi connectivity index (χ1n) is 6.51. The maximum absolute atomic E-state index is 4.32. The molecule has 94 valence electrons. The minimum Gasteiger partial charge on any atom is -0.374 e. The predicted octanol–water partition coefficient (Wildman–Crippen LogP) is 3.67. The first-order chi connectivity index (χ1) is 8.20. The molecule has 0 heterocycles. The fourth-order valence-corrected chi connectivity index (χ4v) is 1.90. The highest BCUT2D eigenvalue weighted by Gasteiger charge is 2.06. The molecule has 0 radical (unpaired) electrons. The lowest BCUT2D eigenvalue weighted by Crippen LogP contribution is -2.19. The normalized spacial score (nSPS) is 11.1. The van der Waals surface area contributed by atoms with E-state index in [1.54, 1.807) is 0 Å². The lowest BCUT2D eigenvalue weighted by molar-refractivity contribution is 0.765. The first-order valence-corrected chi connectivity index (χ1v) is 6.51. The molecule has 1 aromatic carbocycles. The van der Waals surface area contributed by atoms with Crippen LogP contribution in [-0.2, 0) is 0 Å². The van der Waals surface area contributed by atoms with E-state index in [9.17, 15) is 0 Å². The second kappa shape index (κ2) is 7.10. The quantitative estimate of drug-likeness (QED) is 0.683. The fraction of sp³-hybridized carbons (Fsp3) is 0.533. The fourth-order valence-electron chi connectivity index (χ4n) is 1.90. The van der Waals surface area contributed by atoms with Crippen LogP contribution in [0.2, 0.25) is 0 Å². The summed E-state index contributed by atoms with van der Waals surface area (Å²) in [5.41, 5.74) is 3.87. The van der Waals surface area contributed by atoms with Crippen molar-refractivity contribution in [1.29, 1.82) is 0 Å². The molecule has 17 heavy (non-hydrogen) atoms. The van der Waals surface area contributed by atoms with Gasteiger partial charge in [-0.05, 0) is 37.5 Å². The smallest absolute Gasteiger partial charge is 0.0399 e. The van der Waals surface area contributed by atoms with Crippen molar-refractivity contribution in [1.82, 2.24) is 0 Å². The van der Waals surface area contributed by atoms with Crippen molar-refractivity contribution >= 4 is 11.9 Å². The van der Waals surface area contributed by atoms with Gasteiger partial charge in [0.25, 0.3) is 0 Å². The summed E-state index contributed by atoms with van der Waals surface area (Å²) in [7, 11) is 2.17. The Morgan fingerprint density at radius 3 is 2.71 bits per heavy atom. The molecule has 0 aliphatic heterocycles. The molecule has 0 saturated carbocycles. The van der Waals surface area contributed by atoms with Gasteiger partial charge in [0.15, 0.2) is 0 Å². The molecule has 0 aromatic heterocycles. The Bertz CT molecular complexity index is 369. The summed E-state index contributed by atoms with van der Waals surface area (Å²) in [5.74, 6) is 0. The van der Waals surface area contributed by atoms with Gasteiger partial charge < -0.3 is 4.90 Å². The molecular formula is C15H24N2. The van der Waals surface area contributed by atoms with Crippen LogP contribution in [0, 0.1) is 6.92 Å². The SMILES string of the molecule is CCCCN(C)c1cccc(/C=N\CC)c1C. The van der Waals surface area contributed by atoms with Gasteiger partial charge in [0.1, 0.15) is 0 Å². The number of unbranched alkanes of at least 4 members (excludes halogenated alkanes) is 1. The maximum Gasteiger partial charge on any atom is 0.0399 e. The summed E-state index contributed by atoms with van der Waals surface area (Å²) in [5, 5.41) is 0. The molecule has 0 amide bonds. The van der Waals surface area contributed by atoms with E-state index in [0.717, 1.165) is 13.1 Å². The number of hydrogen-bond acceptors (Lipinski definition) is 2. The summed E-state index contributed by atoms with van der Waals surface area (Å²) in [6.45, 7) is 8.42. The average Bonchev–Trinajstić information content (AvgIpc) is 2.34. The van der Waals surface area contributed by atoms with Gasteiger partial charge in [-0.1, -0.05) is 25.5 Å². The van der Waals surface area contributed by atoms with Crippen LogP contribution in [0.4, 0.5) is 5.69 Å². The summed E-state index contributed by atoms with van der Waals surface area (Å²) in [4.78, 5) is 6.66. The largest absolute Gasteiger partial charge is 0.374 e. The highest BCUT2D eigenvalue weighted by molar-refractivity contribution is 5.84. The molecule has 0 N–H and O–H groups in total. The Hall–Kier alpha value is -1.31. The molecule has 0 saturated heterocycles. The van der Waals surface area contributed by atoms with Gasteiger partial charge in [0.05, 0.1) is 0 Å². The molecule has 2 nitrogen and oxygen atoms in total. The van der Waals surface area contributed by atoms with E-state index < -0.39 is 0 Å². The number of benzene rings is 1. The summed E-state index contributed by atoms with van der Waals surface area (Å²) < 4.78 is 0. The van der Waals surface area contributed by atoms with Crippen LogP contribution in [0.25, 0.3) is 0 Å². The summed E-state index contributed by atoms with van der Waals surface area (Å²) in [6, 6.07) is 6.43. The van der Waals surface area contributed by atoms with Crippen LogP contribution in [-0.4, -0.2) is 26.4 Å². The van der Waals surface area contributed by atoms with E-state index in [2.05, 4.69) is 55.9 Å². The molecule has 0 bridgehead atoms. The number of hydrogen-bond donors (Lipinski definition) is 0. The number of nitrogens with zero attached hydrogens (tertiary/aromatic N) is 2. The highest BCUT2D eigenvalue weighted by atomic mass is 15.1. The van der Waals surface area contributed by atoms with Gasteiger partial charge in [-0.15, -0.1) is 0 Å². The maximum atomic E-state index is 4.32. The van der Waals surface area contributed by atoms with Gasteiger partial charge in [0.2, 0.25) is 0 Å². The topological polar surface area (TPSA) is 15.6 Å². The van der Waals surface area contributed by atoms with Crippen molar-refractivity contribution < 1.29 is 0 Å². The van der Waals surface area contributed by atoms with E-state index in [4.69, 9.17) is 0 Å². The van der Waals surface area contributed by atoms with Crippen LogP contribution in [0.5, 0.6) is 0 Å². The molecule has 0 unspecified atom stereocenters. The minimum atomic E-state index is 0.843. The van der Waals surface area contributed by atoms with E-state index in [-0.39, 0.29) is 0 Å². The Labute approximate surface area is 105 Å². The van der Waals surface area contributed by atoms with Crippen LogP contribution < -0.4 is 4.90 Å². The van der Waals surface area contributed by atoms with Crippen molar-refractivity contribution in [2.24, 2.45) is 4.99 Å². The molecule has 0 fully saturated rings. The Morgan fingerprint density at radius 1 is 1.29 bits per heavy atom. The number of aliphatic imine (C=N–C) groups is 1. The average molecular weight is 232 g/mol. The van der Waals surface area contributed by atoms with E-state index in [1.165, 1.54) is 29.7 Å². The molecular weight excluding hydrogens is 208 g/mol. The third kappa shape index (κ3) is 3.88. The van der Waals surface area contributed by atoms with Gasteiger partial charge >= 0.3 is 0 Å². The zero-order valence-corrected chi connectivity index (χ0v) is 11.5. The van der Waals surface area contributed by atoms with Crippen molar-refractivity contribution in [3.63, 3.8) is 0 Å². The molecule has 0 aliphatic rings. The Morgan fingerprint density at radius 2 is 2.06 bits per heavy atom. The van der Waals surface area contributed by atoms with Crippen molar-refractivity contribution in [3.05, 3.63) is 29.3 Å². The second-order valence-electron chi connectivity index (χ2n) is 4.39.